The topological polar surface area (TPSA) is 46.8 Å². The van der Waals surface area contributed by atoms with Gasteiger partial charge in [-0.2, -0.15) is 0 Å². The first kappa shape index (κ1) is 18.6. The summed E-state index contributed by atoms with van der Waals surface area (Å²) in [6, 6.07) is 8.03. The van der Waals surface area contributed by atoms with Crippen molar-refractivity contribution in [2.75, 3.05) is 20.2 Å². The van der Waals surface area contributed by atoms with Crippen LogP contribution < -0.4 is 4.74 Å². The van der Waals surface area contributed by atoms with E-state index in [9.17, 15) is 4.79 Å². The van der Waals surface area contributed by atoms with Gasteiger partial charge in [-0.1, -0.05) is 17.7 Å². The van der Waals surface area contributed by atoms with Crippen molar-refractivity contribution in [3.63, 3.8) is 0 Å². The van der Waals surface area contributed by atoms with Crippen LogP contribution in [0.2, 0.25) is 5.02 Å². The van der Waals surface area contributed by atoms with E-state index in [2.05, 4.69) is 18.2 Å². The smallest absolute Gasteiger partial charge is 0.219 e. The number of carbonyl (C=O) groups excluding carboxylic acids is 1. The molecule has 1 aromatic carbocycles. The molecule has 5 nitrogen and oxygen atoms in total. The number of fused-ring (bicyclic) bond motifs is 1. The molecule has 0 spiro atoms. The van der Waals surface area contributed by atoms with Crippen LogP contribution in [0.4, 0.5) is 0 Å². The van der Waals surface area contributed by atoms with Crippen molar-refractivity contribution in [2.24, 2.45) is 0 Å². The predicted molar refractivity (Wildman–Crippen MR) is 112 cm³/mol. The zero-order valence-corrected chi connectivity index (χ0v) is 17.0. The molecule has 3 heterocycles. The maximum atomic E-state index is 11.5. The second kappa shape index (κ2) is 7.32. The summed E-state index contributed by atoms with van der Waals surface area (Å²) in [6.45, 7) is 5.07. The van der Waals surface area contributed by atoms with Crippen molar-refractivity contribution in [1.82, 2.24) is 14.3 Å². The number of imidazole rings is 1. The highest BCUT2D eigenvalue weighted by Crippen LogP contribution is 2.33. The first-order valence-electron chi connectivity index (χ1n) is 9.24. The van der Waals surface area contributed by atoms with Crippen LogP contribution in [-0.2, 0) is 4.79 Å². The number of amides is 1. The molecule has 0 fully saturated rings. The number of nitrogens with zero attached hydrogens (tertiary/aromatic N) is 3. The molecule has 0 radical (unpaired) electrons. The fraction of sp³-hybridized carbons (Fsp3) is 0.273. The summed E-state index contributed by atoms with van der Waals surface area (Å²) in [5.41, 5.74) is 6.22. The molecule has 0 bridgehead atoms. The molecule has 3 aromatic rings. The number of pyridine rings is 1. The summed E-state index contributed by atoms with van der Waals surface area (Å²) >= 11 is 6.32. The zero-order valence-electron chi connectivity index (χ0n) is 16.2. The van der Waals surface area contributed by atoms with Crippen molar-refractivity contribution < 1.29 is 9.53 Å². The lowest BCUT2D eigenvalue weighted by Crippen LogP contribution is -2.32. The van der Waals surface area contributed by atoms with E-state index in [4.69, 9.17) is 21.3 Å². The van der Waals surface area contributed by atoms with E-state index in [-0.39, 0.29) is 5.91 Å². The van der Waals surface area contributed by atoms with Gasteiger partial charge in [-0.05, 0) is 54.3 Å². The van der Waals surface area contributed by atoms with Crippen molar-refractivity contribution in [3.8, 4) is 17.0 Å². The van der Waals surface area contributed by atoms with Crippen LogP contribution in [0, 0.1) is 6.92 Å². The molecule has 0 saturated carbocycles. The first-order valence-corrected chi connectivity index (χ1v) is 9.62. The van der Waals surface area contributed by atoms with Crippen LogP contribution in [0.1, 0.15) is 24.5 Å². The number of methoxy groups -OCH3 is 1. The van der Waals surface area contributed by atoms with Crippen LogP contribution in [0.5, 0.6) is 5.75 Å². The van der Waals surface area contributed by atoms with Crippen molar-refractivity contribution in [1.29, 1.82) is 0 Å². The van der Waals surface area contributed by atoms with Gasteiger partial charge >= 0.3 is 0 Å². The number of rotatable bonds is 3. The first-order chi connectivity index (χ1) is 13.5. The highest BCUT2D eigenvalue weighted by Gasteiger charge is 2.16. The standard InChI is InChI=1S/C22H22ClN3O2/c1-14-10-21(28-3)19(23)12-18(14)20-13-26-9-6-17(11-22(26)24-20)16-4-7-25(8-5-16)15(2)27/h4,6,9-13H,5,7-8H2,1-3H3. The molecule has 0 aliphatic carbocycles. The van der Waals surface area contributed by atoms with Crippen LogP contribution in [0.15, 0.2) is 42.7 Å². The fourth-order valence-electron chi connectivity index (χ4n) is 3.62. The van der Waals surface area contributed by atoms with E-state index in [1.165, 1.54) is 5.57 Å². The van der Waals surface area contributed by atoms with Gasteiger partial charge in [0.15, 0.2) is 0 Å². The Morgan fingerprint density at radius 3 is 2.79 bits per heavy atom. The largest absolute Gasteiger partial charge is 0.495 e. The molecule has 6 heteroatoms. The highest BCUT2D eigenvalue weighted by atomic mass is 35.5. The molecule has 1 aliphatic rings. The van der Waals surface area contributed by atoms with Gasteiger partial charge in [-0.15, -0.1) is 0 Å². The zero-order chi connectivity index (χ0) is 19.8. The van der Waals surface area contributed by atoms with Crippen LogP contribution in [-0.4, -0.2) is 40.4 Å². The van der Waals surface area contributed by atoms with Gasteiger partial charge in [0.2, 0.25) is 5.91 Å². The van der Waals surface area contributed by atoms with Crippen molar-refractivity contribution in [3.05, 3.63) is 58.9 Å². The van der Waals surface area contributed by atoms with Gasteiger partial charge < -0.3 is 14.0 Å². The summed E-state index contributed by atoms with van der Waals surface area (Å²) in [7, 11) is 1.61. The summed E-state index contributed by atoms with van der Waals surface area (Å²) in [4.78, 5) is 18.2. The normalized spacial score (nSPS) is 14.3. The summed E-state index contributed by atoms with van der Waals surface area (Å²) in [5.74, 6) is 0.787. The minimum atomic E-state index is 0.122. The van der Waals surface area contributed by atoms with Crippen LogP contribution >= 0.6 is 11.6 Å². The second-order valence-corrected chi connectivity index (χ2v) is 7.46. The lowest BCUT2D eigenvalue weighted by Gasteiger charge is -2.25. The van der Waals surface area contributed by atoms with Gasteiger partial charge in [0.25, 0.3) is 0 Å². The number of aryl methyl sites for hydroxylation is 1. The molecule has 28 heavy (non-hydrogen) atoms. The molecule has 0 atom stereocenters. The number of aromatic nitrogens is 2. The second-order valence-electron chi connectivity index (χ2n) is 7.05. The number of hydrogen-bond acceptors (Lipinski definition) is 3. The van der Waals surface area contributed by atoms with E-state index < -0.39 is 0 Å². The third-order valence-corrected chi connectivity index (χ3v) is 5.56. The van der Waals surface area contributed by atoms with Crippen molar-refractivity contribution in [2.45, 2.75) is 20.3 Å². The van der Waals surface area contributed by atoms with Gasteiger partial charge in [-0.25, -0.2) is 4.98 Å². The van der Waals surface area contributed by atoms with Gasteiger partial charge in [-0.3, -0.25) is 4.79 Å². The van der Waals surface area contributed by atoms with Gasteiger partial charge in [0.1, 0.15) is 11.4 Å². The Morgan fingerprint density at radius 1 is 1.29 bits per heavy atom. The number of ether oxygens (including phenoxy) is 1. The van der Waals surface area contributed by atoms with E-state index in [1.54, 1.807) is 14.0 Å². The molecule has 0 unspecified atom stereocenters. The van der Waals surface area contributed by atoms with Crippen LogP contribution in [0.3, 0.4) is 0 Å². The Kier molecular flexibility index (Phi) is 4.85. The third kappa shape index (κ3) is 3.38. The van der Waals surface area contributed by atoms with E-state index >= 15 is 0 Å². The maximum Gasteiger partial charge on any atom is 0.219 e. The Hall–Kier alpha value is -2.79. The minimum Gasteiger partial charge on any atom is -0.495 e. The number of benzene rings is 1. The number of carbonyl (C=O) groups is 1. The molecule has 0 saturated heterocycles. The molecular weight excluding hydrogens is 374 g/mol. The van der Waals surface area contributed by atoms with Crippen molar-refractivity contribution >= 4 is 28.7 Å². The molecule has 1 amide bonds. The Labute approximate surface area is 169 Å². The molecular formula is C22H22ClN3O2. The van der Waals surface area contributed by atoms with E-state index in [1.807, 2.05) is 40.8 Å². The molecule has 1 aliphatic heterocycles. The van der Waals surface area contributed by atoms with Gasteiger partial charge in [0, 0.05) is 38.0 Å². The number of halogens is 1. The molecule has 2 aromatic heterocycles. The van der Waals surface area contributed by atoms with Crippen LogP contribution in [0.25, 0.3) is 22.5 Å². The highest BCUT2D eigenvalue weighted by molar-refractivity contribution is 6.32. The average Bonchev–Trinajstić information content (AvgIpc) is 3.12. The Balaban J connectivity index is 1.68. The third-order valence-electron chi connectivity index (χ3n) is 5.26. The summed E-state index contributed by atoms with van der Waals surface area (Å²) in [5, 5.41) is 0.572. The SMILES string of the molecule is COc1cc(C)c(-c2cn3ccc(C4=CCN(C(C)=O)CC4)cc3n2)cc1Cl. The lowest BCUT2D eigenvalue weighted by molar-refractivity contribution is -0.128. The fourth-order valence-corrected chi connectivity index (χ4v) is 3.86. The predicted octanol–water partition coefficient (Wildman–Crippen LogP) is 4.61. The quantitative estimate of drug-likeness (QED) is 0.650. The molecule has 4 rings (SSSR count). The number of hydrogen-bond donors (Lipinski definition) is 0. The maximum absolute atomic E-state index is 11.5. The van der Waals surface area contributed by atoms with Gasteiger partial charge in [0.05, 0.1) is 17.8 Å². The Bertz CT molecular complexity index is 1100. The monoisotopic (exact) mass is 395 g/mol. The lowest BCUT2D eigenvalue weighted by atomic mass is 10.0. The molecule has 144 valence electrons. The molecule has 0 N–H and O–H groups in total. The average molecular weight is 396 g/mol. The minimum absolute atomic E-state index is 0.122. The summed E-state index contributed by atoms with van der Waals surface area (Å²) < 4.78 is 7.31. The Morgan fingerprint density at radius 2 is 2.11 bits per heavy atom. The van der Waals surface area contributed by atoms with E-state index in [0.29, 0.717) is 17.3 Å². The van der Waals surface area contributed by atoms with E-state index in [0.717, 1.165) is 41.0 Å². The summed E-state index contributed by atoms with van der Waals surface area (Å²) in [6.07, 6.45) is 7.03.